The number of aryl methyl sites for hydroxylation is 2. The average molecular weight is 328 g/mol. The SMILES string of the molecule is C[C@@H](CCc1ccc(O)cc1)N[C@@H]1CCN(c2cnn(C)c2)C1=O. The van der Waals surface area contributed by atoms with Gasteiger partial charge >= 0.3 is 0 Å². The second-order valence-electron chi connectivity index (χ2n) is 6.48. The van der Waals surface area contributed by atoms with Gasteiger partial charge in [0.2, 0.25) is 5.91 Å². The molecule has 2 aromatic rings. The summed E-state index contributed by atoms with van der Waals surface area (Å²) < 4.78 is 1.71. The molecule has 0 spiro atoms. The van der Waals surface area contributed by atoms with E-state index in [1.165, 1.54) is 5.56 Å². The molecule has 2 heterocycles. The maximum atomic E-state index is 12.6. The molecule has 1 aromatic heterocycles. The summed E-state index contributed by atoms with van der Waals surface area (Å²) in [6.45, 7) is 2.84. The number of benzene rings is 1. The lowest BCUT2D eigenvalue weighted by molar-refractivity contribution is -0.119. The fourth-order valence-electron chi connectivity index (χ4n) is 3.11. The Labute approximate surface area is 142 Å². The predicted molar refractivity (Wildman–Crippen MR) is 93.0 cm³/mol. The number of phenols is 1. The summed E-state index contributed by atoms with van der Waals surface area (Å²) >= 11 is 0. The largest absolute Gasteiger partial charge is 0.508 e. The second kappa shape index (κ2) is 7.05. The molecular formula is C18H24N4O2. The zero-order valence-electron chi connectivity index (χ0n) is 14.1. The van der Waals surface area contributed by atoms with Gasteiger partial charge in [-0.2, -0.15) is 5.10 Å². The van der Waals surface area contributed by atoms with E-state index >= 15 is 0 Å². The molecule has 0 radical (unpaired) electrons. The lowest BCUT2D eigenvalue weighted by Gasteiger charge is -2.19. The van der Waals surface area contributed by atoms with Gasteiger partial charge in [0.15, 0.2) is 0 Å². The first kappa shape index (κ1) is 16.5. The van der Waals surface area contributed by atoms with Crippen molar-refractivity contribution in [3.8, 4) is 5.75 Å². The van der Waals surface area contributed by atoms with E-state index < -0.39 is 0 Å². The Morgan fingerprint density at radius 3 is 2.79 bits per heavy atom. The van der Waals surface area contributed by atoms with Gasteiger partial charge in [-0.3, -0.25) is 9.48 Å². The van der Waals surface area contributed by atoms with Crippen LogP contribution in [0.4, 0.5) is 5.69 Å². The Morgan fingerprint density at radius 1 is 1.38 bits per heavy atom. The summed E-state index contributed by atoms with van der Waals surface area (Å²) in [4.78, 5) is 14.4. The van der Waals surface area contributed by atoms with E-state index in [1.54, 1.807) is 27.9 Å². The first-order valence-electron chi connectivity index (χ1n) is 8.37. The molecule has 6 heteroatoms. The minimum atomic E-state index is -0.125. The minimum absolute atomic E-state index is 0.125. The van der Waals surface area contributed by atoms with E-state index in [9.17, 15) is 9.90 Å². The molecule has 6 nitrogen and oxygen atoms in total. The highest BCUT2D eigenvalue weighted by molar-refractivity contribution is 5.99. The summed E-state index contributed by atoms with van der Waals surface area (Å²) in [5.74, 6) is 0.413. The molecule has 0 aliphatic carbocycles. The Balaban J connectivity index is 1.50. The number of hydrogen-bond acceptors (Lipinski definition) is 4. The molecule has 1 amide bonds. The number of phenolic OH excluding ortho intramolecular Hbond substituents is 1. The van der Waals surface area contributed by atoms with E-state index in [0.29, 0.717) is 0 Å². The molecular weight excluding hydrogens is 304 g/mol. The summed E-state index contributed by atoms with van der Waals surface area (Å²) in [5, 5.41) is 16.9. The Morgan fingerprint density at radius 2 is 2.12 bits per heavy atom. The lowest BCUT2D eigenvalue weighted by Crippen LogP contribution is -2.42. The topological polar surface area (TPSA) is 70.4 Å². The first-order chi connectivity index (χ1) is 11.5. The van der Waals surface area contributed by atoms with E-state index in [4.69, 9.17) is 0 Å². The Bertz CT molecular complexity index is 695. The molecule has 0 saturated carbocycles. The molecule has 0 bridgehead atoms. The number of nitrogens with zero attached hydrogens (tertiary/aromatic N) is 3. The van der Waals surface area contributed by atoms with E-state index in [2.05, 4.69) is 17.3 Å². The van der Waals surface area contributed by atoms with Gasteiger partial charge in [-0.15, -0.1) is 0 Å². The van der Waals surface area contributed by atoms with Crippen LogP contribution < -0.4 is 10.2 Å². The van der Waals surface area contributed by atoms with Crippen molar-refractivity contribution in [3.63, 3.8) is 0 Å². The third-order valence-corrected chi connectivity index (χ3v) is 4.50. The van der Waals surface area contributed by atoms with Crippen LogP contribution in [0.3, 0.4) is 0 Å². The number of hydrogen-bond donors (Lipinski definition) is 2. The summed E-state index contributed by atoms with van der Waals surface area (Å²) in [6, 6.07) is 7.42. The fourth-order valence-corrected chi connectivity index (χ4v) is 3.11. The zero-order valence-corrected chi connectivity index (χ0v) is 14.1. The van der Waals surface area contributed by atoms with E-state index in [1.807, 2.05) is 25.4 Å². The number of amides is 1. The normalized spacial score (nSPS) is 19.0. The molecule has 1 saturated heterocycles. The third-order valence-electron chi connectivity index (χ3n) is 4.50. The number of nitrogens with one attached hydrogen (secondary N) is 1. The molecule has 1 aliphatic heterocycles. The fraction of sp³-hybridized carbons (Fsp3) is 0.444. The van der Waals surface area contributed by atoms with Crippen molar-refractivity contribution < 1.29 is 9.90 Å². The van der Waals surface area contributed by atoms with Gasteiger partial charge in [-0.25, -0.2) is 0 Å². The maximum absolute atomic E-state index is 12.6. The van der Waals surface area contributed by atoms with Crippen LogP contribution in [0.15, 0.2) is 36.7 Å². The van der Waals surface area contributed by atoms with Gasteiger partial charge in [0.25, 0.3) is 0 Å². The molecule has 1 aliphatic rings. The first-order valence-corrected chi connectivity index (χ1v) is 8.37. The standard InChI is InChI=1S/C18H24N4O2/c1-13(3-4-14-5-7-16(23)8-6-14)20-17-9-10-22(18(17)24)15-11-19-21(2)12-15/h5-8,11-13,17,20,23H,3-4,9-10H2,1-2H3/t13-,17+/m0/s1. The molecule has 3 rings (SSSR count). The maximum Gasteiger partial charge on any atom is 0.244 e. The number of aromatic nitrogens is 2. The molecule has 128 valence electrons. The Hall–Kier alpha value is -2.34. The van der Waals surface area contributed by atoms with Crippen LogP contribution in [-0.4, -0.2) is 39.4 Å². The second-order valence-corrected chi connectivity index (χ2v) is 6.48. The number of anilines is 1. The lowest BCUT2D eigenvalue weighted by atomic mass is 10.1. The number of carbonyl (C=O) groups is 1. The number of carbonyl (C=O) groups excluding carboxylic acids is 1. The highest BCUT2D eigenvalue weighted by atomic mass is 16.3. The van der Waals surface area contributed by atoms with Crippen molar-refractivity contribution in [1.82, 2.24) is 15.1 Å². The quantitative estimate of drug-likeness (QED) is 0.849. The van der Waals surface area contributed by atoms with Crippen molar-refractivity contribution in [1.29, 1.82) is 0 Å². The molecule has 2 N–H and O–H groups in total. The van der Waals surface area contributed by atoms with Gasteiger partial charge < -0.3 is 15.3 Å². The molecule has 0 unspecified atom stereocenters. The highest BCUT2D eigenvalue weighted by Crippen LogP contribution is 2.21. The number of rotatable bonds is 6. The van der Waals surface area contributed by atoms with Gasteiger partial charge in [-0.05, 0) is 43.9 Å². The average Bonchev–Trinajstić information content (AvgIpc) is 3.13. The van der Waals surface area contributed by atoms with Gasteiger partial charge in [0.05, 0.1) is 17.9 Å². The van der Waals surface area contributed by atoms with Crippen LogP contribution in [0, 0.1) is 0 Å². The summed E-state index contributed by atoms with van der Waals surface area (Å²) in [7, 11) is 1.85. The molecule has 1 fully saturated rings. The van der Waals surface area contributed by atoms with Crippen LogP contribution in [0.25, 0.3) is 0 Å². The van der Waals surface area contributed by atoms with Crippen LogP contribution >= 0.6 is 0 Å². The van der Waals surface area contributed by atoms with Crippen LogP contribution in [0.1, 0.15) is 25.3 Å². The Kier molecular flexibility index (Phi) is 4.85. The molecule has 24 heavy (non-hydrogen) atoms. The summed E-state index contributed by atoms with van der Waals surface area (Å²) in [6.07, 6.45) is 6.28. The van der Waals surface area contributed by atoms with Gasteiger partial charge in [0, 0.05) is 25.8 Å². The van der Waals surface area contributed by atoms with E-state index in [-0.39, 0.29) is 23.7 Å². The van der Waals surface area contributed by atoms with Crippen molar-refractivity contribution in [3.05, 3.63) is 42.2 Å². The van der Waals surface area contributed by atoms with Crippen LogP contribution in [-0.2, 0) is 18.3 Å². The number of aromatic hydroxyl groups is 1. The van der Waals surface area contributed by atoms with Gasteiger partial charge in [0.1, 0.15) is 5.75 Å². The van der Waals surface area contributed by atoms with Crippen LogP contribution in [0.2, 0.25) is 0 Å². The van der Waals surface area contributed by atoms with Crippen molar-refractivity contribution in [2.75, 3.05) is 11.4 Å². The highest BCUT2D eigenvalue weighted by Gasteiger charge is 2.33. The monoisotopic (exact) mass is 328 g/mol. The minimum Gasteiger partial charge on any atom is -0.508 e. The van der Waals surface area contributed by atoms with Crippen molar-refractivity contribution in [2.24, 2.45) is 7.05 Å². The third kappa shape index (κ3) is 3.76. The van der Waals surface area contributed by atoms with E-state index in [0.717, 1.165) is 31.5 Å². The predicted octanol–water partition coefficient (Wildman–Crippen LogP) is 1.84. The zero-order chi connectivity index (χ0) is 17.1. The molecule has 1 aromatic carbocycles. The van der Waals surface area contributed by atoms with Crippen LogP contribution in [0.5, 0.6) is 5.75 Å². The summed E-state index contributed by atoms with van der Waals surface area (Å²) in [5.41, 5.74) is 2.06. The van der Waals surface area contributed by atoms with Crippen molar-refractivity contribution in [2.45, 2.75) is 38.3 Å². The molecule has 2 atom stereocenters. The van der Waals surface area contributed by atoms with Crippen molar-refractivity contribution >= 4 is 11.6 Å². The van der Waals surface area contributed by atoms with Gasteiger partial charge in [-0.1, -0.05) is 12.1 Å². The smallest absolute Gasteiger partial charge is 0.244 e.